The molecule has 0 atom stereocenters. The van der Waals surface area contributed by atoms with Crippen molar-refractivity contribution in [2.75, 3.05) is 7.05 Å². The zero-order valence-corrected chi connectivity index (χ0v) is 12.8. The molecule has 1 aromatic heterocycles. The monoisotopic (exact) mass is 307 g/mol. The van der Waals surface area contributed by atoms with Gasteiger partial charge in [0.05, 0.1) is 12.1 Å². The summed E-state index contributed by atoms with van der Waals surface area (Å²) in [5.41, 5.74) is 0.519. The highest BCUT2D eigenvalue weighted by Gasteiger charge is 2.17. The van der Waals surface area contributed by atoms with Crippen LogP contribution in [0.5, 0.6) is 11.5 Å². The van der Waals surface area contributed by atoms with Crippen molar-refractivity contribution < 1.29 is 9.53 Å². The summed E-state index contributed by atoms with van der Waals surface area (Å²) in [6.07, 6.45) is 3.40. The van der Waals surface area contributed by atoms with Gasteiger partial charge in [-0.1, -0.05) is 30.3 Å². The molecule has 2 aromatic carbocycles. The fourth-order valence-corrected chi connectivity index (χ4v) is 2.23. The summed E-state index contributed by atoms with van der Waals surface area (Å²) in [5.74, 6) is 1.85. The van der Waals surface area contributed by atoms with Gasteiger partial charge < -0.3 is 14.6 Å². The Hall–Kier alpha value is -3.08. The van der Waals surface area contributed by atoms with E-state index < -0.39 is 0 Å². The quantitative estimate of drug-likeness (QED) is 0.785. The van der Waals surface area contributed by atoms with Gasteiger partial charge in [-0.2, -0.15) is 0 Å². The number of rotatable bonds is 5. The van der Waals surface area contributed by atoms with Crippen LogP contribution in [0.1, 0.15) is 16.2 Å². The molecule has 0 aliphatic carbocycles. The van der Waals surface area contributed by atoms with Crippen molar-refractivity contribution in [1.29, 1.82) is 0 Å². The zero-order valence-electron chi connectivity index (χ0n) is 12.8. The Morgan fingerprint density at radius 1 is 1.13 bits per heavy atom. The number of hydrogen-bond acceptors (Lipinski definition) is 3. The van der Waals surface area contributed by atoms with Crippen molar-refractivity contribution in [3.05, 3.63) is 78.4 Å². The molecule has 0 unspecified atom stereocenters. The third kappa shape index (κ3) is 3.58. The fourth-order valence-electron chi connectivity index (χ4n) is 2.23. The van der Waals surface area contributed by atoms with E-state index in [9.17, 15) is 4.79 Å². The van der Waals surface area contributed by atoms with Crippen molar-refractivity contribution in [1.82, 2.24) is 14.9 Å². The van der Waals surface area contributed by atoms with Crippen LogP contribution in [0.4, 0.5) is 0 Å². The highest BCUT2D eigenvalue weighted by Crippen LogP contribution is 2.26. The number of aromatic amines is 1. The van der Waals surface area contributed by atoms with Gasteiger partial charge in [-0.25, -0.2) is 4.98 Å². The molecular weight excluding hydrogens is 290 g/mol. The SMILES string of the molecule is CN(Cc1ncc[nH]1)C(=O)c1ccccc1Oc1ccccc1. The molecule has 1 N–H and O–H groups in total. The number of aromatic nitrogens is 2. The minimum absolute atomic E-state index is 0.118. The van der Waals surface area contributed by atoms with Crippen molar-refractivity contribution in [3.63, 3.8) is 0 Å². The third-order valence-electron chi connectivity index (χ3n) is 3.38. The molecule has 1 heterocycles. The molecule has 5 heteroatoms. The summed E-state index contributed by atoms with van der Waals surface area (Å²) < 4.78 is 5.85. The average Bonchev–Trinajstić information content (AvgIpc) is 3.08. The zero-order chi connectivity index (χ0) is 16.1. The Balaban J connectivity index is 1.80. The van der Waals surface area contributed by atoms with Crippen molar-refractivity contribution in [3.8, 4) is 11.5 Å². The predicted molar refractivity (Wildman–Crippen MR) is 87.3 cm³/mol. The van der Waals surface area contributed by atoms with Gasteiger partial charge in [0.25, 0.3) is 5.91 Å². The van der Waals surface area contributed by atoms with E-state index in [1.54, 1.807) is 36.5 Å². The maximum Gasteiger partial charge on any atom is 0.257 e. The molecule has 0 aliphatic rings. The van der Waals surface area contributed by atoms with Gasteiger partial charge in [0.1, 0.15) is 17.3 Å². The summed E-state index contributed by atoms with van der Waals surface area (Å²) in [6.45, 7) is 0.408. The molecule has 116 valence electrons. The van der Waals surface area contributed by atoms with Crippen LogP contribution in [0, 0.1) is 0 Å². The number of carbonyl (C=O) groups excluding carboxylic acids is 1. The number of carbonyl (C=O) groups is 1. The molecule has 1 amide bonds. The van der Waals surface area contributed by atoms with E-state index >= 15 is 0 Å². The molecule has 3 aromatic rings. The molecule has 0 saturated heterocycles. The Bertz CT molecular complexity index is 770. The van der Waals surface area contributed by atoms with Crippen molar-refractivity contribution in [2.45, 2.75) is 6.54 Å². The van der Waals surface area contributed by atoms with Crippen molar-refractivity contribution >= 4 is 5.91 Å². The van der Waals surface area contributed by atoms with Crippen LogP contribution in [0.15, 0.2) is 67.0 Å². The van der Waals surface area contributed by atoms with Crippen LogP contribution < -0.4 is 4.74 Å². The molecule has 23 heavy (non-hydrogen) atoms. The van der Waals surface area contributed by atoms with Crippen LogP contribution in [0.25, 0.3) is 0 Å². The van der Waals surface area contributed by atoms with Gasteiger partial charge >= 0.3 is 0 Å². The molecule has 0 saturated carbocycles. The Morgan fingerprint density at radius 2 is 1.87 bits per heavy atom. The summed E-state index contributed by atoms with van der Waals surface area (Å²) in [5, 5.41) is 0. The molecule has 0 bridgehead atoms. The summed E-state index contributed by atoms with van der Waals surface area (Å²) in [7, 11) is 1.74. The lowest BCUT2D eigenvalue weighted by molar-refractivity contribution is 0.0779. The van der Waals surface area contributed by atoms with Crippen LogP contribution in [0.2, 0.25) is 0 Å². The highest BCUT2D eigenvalue weighted by atomic mass is 16.5. The lowest BCUT2D eigenvalue weighted by atomic mass is 10.1. The number of nitrogens with one attached hydrogen (secondary N) is 1. The minimum Gasteiger partial charge on any atom is -0.457 e. The van der Waals surface area contributed by atoms with E-state index in [1.807, 2.05) is 42.5 Å². The van der Waals surface area contributed by atoms with E-state index in [0.29, 0.717) is 23.6 Å². The number of para-hydroxylation sites is 2. The lowest BCUT2D eigenvalue weighted by Gasteiger charge is -2.18. The maximum atomic E-state index is 12.7. The van der Waals surface area contributed by atoms with Crippen LogP contribution in [-0.2, 0) is 6.54 Å². The molecule has 5 nitrogen and oxygen atoms in total. The first kappa shape index (κ1) is 14.8. The fraction of sp³-hybridized carbons (Fsp3) is 0.111. The predicted octanol–water partition coefficient (Wildman–Crippen LogP) is 3.47. The number of imidazole rings is 1. The summed E-state index contributed by atoms with van der Waals surface area (Å²) in [6, 6.07) is 16.6. The second-order valence-electron chi connectivity index (χ2n) is 5.11. The number of amides is 1. The van der Waals surface area contributed by atoms with E-state index in [1.165, 1.54) is 0 Å². The average molecular weight is 307 g/mol. The molecule has 3 rings (SSSR count). The van der Waals surface area contributed by atoms with Crippen LogP contribution >= 0.6 is 0 Å². The van der Waals surface area contributed by atoms with E-state index in [-0.39, 0.29) is 5.91 Å². The van der Waals surface area contributed by atoms with Gasteiger partial charge in [-0.15, -0.1) is 0 Å². The van der Waals surface area contributed by atoms with Gasteiger partial charge in [0, 0.05) is 19.4 Å². The topological polar surface area (TPSA) is 58.2 Å². The normalized spacial score (nSPS) is 10.3. The van der Waals surface area contributed by atoms with Crippen LogP contribution in [-0.4, -0.2) is 27.8 Å². The second-order valence-corrected chi connectivity index (χ2v) is 5.11. The maximum absolute atomic E-state index is 12.7. The first-order valence-electron chi connectivity index (χ1n) is 7.29. The summed E-state index contributed by atoms with van der Waals surface area (Å²) >= 11 is 0. The second kappa shape index (κ2) is 6.79. The smallest absolute Gasteiger partial charge is 0.257 e. The highest BCUT2D eigenvalue weighted by molar-refractivity contribution is 5.96. The minimum atomic E-state index is -0.118. The summed E-state index contributed by atoms with van der Waals surface area (Å²) in [4.78, 5) is 21.4. The number of nitrogens with zero attached hydrogens (tertiary/aromatic N) is 2. The molecular formula is C18H17N3O2. The van der Waals surface area contributed by atoms with E-state index in [0.717, 1.165) is 5.82 Å². The Kier molecular flexibility index (Phi) is 4.38. The van der Waals surface area contributed by atoms with Gasteiger partial charge in [0.2, 0.25) is 0 Å². The van der Waals surface area contributed by atoms with Gasteiger partial charge in [-0.3, -0.25) is 4.79 Å². The first-order chi connectivity index (χ1) is 11.2. The largest absolute Gasteiger partial charge is 0.457 e. The molecule has 0 radical (unpaired) electrons. The Morgan fingerprint density at radius 3 is 2.61 bits per heavy atom. The number of hydrogen-bond donors (Lipinski definition) is 1. The Labute approximate surface area is 134 Å². The number of benzene rings is 2. The first-order valence-corrected chi connectivity index (χ1v) is 7.29. The molecule has 0 fully saturated rings. The van der Waals surface area contributed by atoms with Gasteiger partial charge in [0.15, 0.2) is 0 Å². The number of ether oxygens (including phenoxy) is 1. The molecule has 0 aliphatic heterocycles. The van der Waals surface area contributed by atoms with E-state index in [2.05, 4.69) is 9.97 Å². The van der Waals surface area contributed by atoms with Crippen LogP contribution in [0.3, 0.4) is 0 Å². The number of H-pyrrole nitrogens is 1. The van der Waals surface area contributed by atoms with Crippen molar-refractivity contribution in [2.24, 2.45) is 0 Å². The third-order valence-corrected chi connectivity index (χ3v) is 3.38. The standard InChI is InChI=1S/C18H17N3O2/c1-21(13-17-19-11-12-20-17)18(22)15-9-5-6-10-16(15)23-14-7-3-2-4-8-14/h2-12H,13H2,1H3,(H,19,20). The van der Waals surface area contributed by atoms with Gasteiger partial charge in [-0.05, 0) is 24.3 Å². The molecule has 0 spiro atoms. The van der Waals surface area contributed by atoms with E-state index in [4.69, 9.17) is 4.74 Å². The lowest BCUT2D eigenvalue weighted by Crippen LogP contribution is -2.27.